The first kappa shape index (κ1) is 14.8. The highest BCUT2D eigenvalue weighted by atomic mass is 16.5. The van der Waals surface area contributed by atoms with Crippen molar-refractivity contribution in [2.75, 3.05) is 19.0 Å². The van der Waals surface area contributed by atoms with E-state index in [0.717, 1.165) is 24.3 Å². The Morgan fingerprint density at radius 1 is 1.22 bits per heavy atom. The molecule has 102 valence electrons. The van der Waals surface area contributed by atoms with E-state index in [0.29, 0.717) is 12.6 Å². The summed E-state index contributed by atoms with van der Waals surface area (Å²) in [5.74, 6) is 0.918. The quantitative estimate of drug-likeness (QED) is 0.764. The molecule has 2 unspecified atom stereocenters. The maximum absolute atomic E-state index is 5.81. The Balaban J connectivity index is 2.63. The summed E-state index contributed by atoms with van der Waals surface area (Å²) in [6, 6.07) is 8.45. The molecule has 0 spiro atoms. The minimum atomic E-state index is 0.251. The average Bonchev–Trinajstić information content (AvgIpc) is 2.38. The molecular formula is C15H25NO2. The molecule has 18 heavy (non-hydrogen) atoms. The Morgan fingerprint density at radius 2 is 2.00 bits per heavy atom. The van der Waals surface area contributed by atoms with Crippen molar-refractivity contribution in [2.24, 2.45) is 0 Å². The number of nitrogens with one attached hydrogen (secondary N) is 1. The highest BCUT2D eigenvalue weighted by molar-refractivity contribution is 5.48. The summed E-state index contributed by atoms with van der Waals surface area (Å²) >= 11 is 0. The van der Waals surface area contributed by atoms with Crippen LogP contribution in [-0.4, -0.2) is 25.9 Å². The summed E-state index contributed by atoms with van der Waals surface area (Å²) in [5.41, 5.74) is 1.08. The van der Waals surface area contributed by atoms with Crippen LogP contribution < -0.4 is 10.1 Å². The first-order chi connectivity index (χ1) is 8.69. The molecule has 1 N–H and O–H groups in total. The summed E-state index contributed by atoms with van der Waals surface area (Å²) in [5, 5.41) is 3.46. The van der Waals surface area contributed by atoms with Crippen LogP contribution in [0.5, 0.6) is 5.75 Å². The summed E-state index contributed by atoms with van der Waals surface area (Å²) in [4.78, 5) is 0. The molecule has 0 aliphatic carbocycles. The smallest absolute Gasteiger partial charge is 0.121 e. The number of rotatable bonds is 8. The predicted octanol–water partition coefficient (Wildman–Crippen LogP) is 3.70. The molecule has 0 saturated carbocycles. The SMILES string of the molecule is CCC(COC)Nc1cccc(OC(C)CC)c1. The minimum Gasteiger partial charge on any atom is -0.491 e. The van der Waals surface area contributed by atoms with E-state index in [2.05, 4.69) is 32.2 Å². The standard InChI is InChI=1S/C15H25NO2/c1-5-12(3)18-15-9-7-8-14(10-15)16-13(6-2)11-17-4/h7-10,12-13,16H,5-6,11H2,1-4H3. The van der Waals surface area contributed by atoms with Gasteiger partial charge in [-0.15, -0.1) is 0 Å². The highest BCUT2D eigenvalue weighted by Gasteiger charge is 2.07. The molecule has 3 heteroatoms. The average molecular weight is 251 g/mol. The van der Waals surface area contributed by atoms with Crippen LogP contribution in [0.3, 0.4) is 0 Å². The molecule has 0 aliphatic rings. The second-order valence-corrected chi connectivity index (χ2v) is 4.57. The Morgan fingerprint density at radius 3 is 2.61 bits per heavy atom. The lowest BCUT2D eigenvalue weighted by Crippen LogP contribution is -2.23. The van der Waals surface area contributed by atoms with Crippen molar-refractivity contribution in [3.63, 3.8) is 0 Å². The third-order valence-electron chi connectivity index (χ3n) is 2.98. The van der Waals surface area contributed by atoms with Gasteiger partial charge in [-0.05, 0) is 31.9 Å². The lowest BCUT2D eigenvalue weighted by molar-refractivity contribution is 0.184. The predicted molar refractivity (Wildman–Crippen MR) is 76.4 cm³/mol. The van der Waals surface area contributed by atoms with Crippen LogP contribution in [0.25, 0.3) is 0 Å². The van der Waals surface area contributed by atoms with Gasteiger partial charge in [0.05, 0.1) is 12.7 Å². The lowest BCUT2D eigenvalue weighted by atomic mass is 10.2. The topological polar surface area (TPSA) is 30.5 Å². The number of benzene rings is 1. The van der Waals surface area contributed by atoms with Gasteiger partial charge in [-0.2, -0.15) is 0 Å². The Labute approximate surface area is 110 Å². The van der Waals surface area contributed by atoms with Gasteiger partial charge in [0.2, 0.25) is 0 Å². The minimum absolute atomic E-state index is 0.251. The van der Waals surface area contributed by atoms with Gasteiger partial charge < -0.3 is 14.8 Å². The third-order valence-corrected chi connectivity index (χ3v) is 2.98. The molecule has 1 rings (SSSR count). The van der Waals surface area contributed by atoms with Crippen LogP contribution in [0.1, 0.15) is 33.6 Å². The summed E-state index contributed by atoms with van der Waals surface area (Å²) in [6.07, 6.45) is 2.30. The number of hydrogen-bond donors (Lipinski definition) is 1. The van der Waals surface area contributed by atoms with Gasteiger partial charge in [0.25, 0.3) is 0 Å². The van der Waals surface area contributed by atoms with E-state index in [-0.39, 0.29) is 6.10 Å². The monoisotopic (exact) mass is 251 g/mol. The largest absolute Gasteiger partial charge is 0.491 e. The van der Waals surface area contributed by atoms with Gasteiger partial charge in [-0.1, -0.05) is 19.9 Å². The Kier molecular flexibility index (Phi) is 6.58. The number of ether oxygens (including phenoxy) is 2. The van der Waals surface area contributed by atoms with Gasteiger partial charge in [0.1, 0.15) is 5.75 Å². The molecule has 0 saturated heterocycles. The van der Waals surface area contributed by atoms with Crippen LogP contribution in [0, 0.1) is 0 Å². The van der Waals surface area contributed by atoms with Gasteiger partial charge in [0, 0.05) is 24.9 Å². The zero-order valence-corrected chi connectivity index (χ0v) is 11.9. The van der Waals surface area contributed by atoms with Crippen molar-refractivity contribution in [1.29, 1.82) is 0 Å². The summed E-state index contributed by atoms with van der Waals surface area (Å²) in [7, 11) is 1.73. The molecule has 3 nitrogen and oxygen atoms in total. The zero-order valence-electron chi connectivity index (χ0n) is 11.9. The number of anilines is 1. The second kappa shape index (κ2) is 7.98. The maximum Gasteiger partial charge on any atom is 0.121 e. The van der Waals surface area contributed by atoms with E-state index < -0.39 is 0 Å². The molecule has 1 aromatic rings. The van der Waals surface area contributed by atoms with Gasteiger partial charge in [0.15, 0.2) is 0 Å². The van der Waals surface area contributed by atoms with Crippen LogP contribution in [-0.2, 0) is 4.74 Å². The molecular weight excluding hydrogens is 226 g/mol. The number of methoxy groups -OCH3 is 1. The van der Waals surface area contributed by atoms with Crippen LogP contribution in [0.4, 0.5) is 5.69 Å². The van der Waals surface area contributed by atoms with E-state index >= 15 is 0 Å². The van der Waals surface area contributed by atoms with Crippen molar-refractivity contribution >= 4 is 5.69 Å². The first-order valence-electron chi connectivity index (χ1n) is 6.71. The van der Waals surface area contributed by atoms with E-state index in [4.69, 9.17) is 9.47 Å². The fraction of sp³-hybridized carbons (Fsp3) is 0.600. The Hall–Kier alpha value is -1.22. The van der Waals surface area contributed by atoms with Gasteiger partial charge in [-0.25, -0.2) is 0 Å². The third kappa shape index (κ3) is 4.96. The first-order valence-corrected chi connectivity index (χ1v) is 6.71. The van der Waals surface area contributed by atoms with Crippen molar-refractivity contribution in [1.82, 2.24) is 0 Å². The normalized spacial score (nSPS) is 14.0. The lowest BCUT2D eigenvalue weighted by Gasteiger charge is -2.18. The van der Waals surface area contributed by atoms with Gasteiger partial charge in [-0.3, -0.25) is 0 Å². The fourth-order valence-corrected chi connectivity index (χ4v) is 1.67. The zero-order chi connectivity index (χ0) is 13.4. The van der Waals surface area contributed by atoms with Gasteiger partial charge >= 0.3 is 0 Å². The maximum atomic E-state index is 5.81. The van der Waals surface area contributed by atoms with E-state index in [1.165, 1.54) is 0 Å². The van der Waals surface area contributed by atoms with Crippen molar-refractivity contribution < 1.29 is 9.47 Å². The van der Waals surface area contributed by atoms with Crippen LogP contribution in [0.2, 0.25) is 0 Å². The molecule has 0 aliphatic heterocycles. The van der Waals surface area contributed by atoms with E-state index in [9.17, 15) is 0 Å². The molecule has 0 heterocycles. The molecule has 2 atom stereocenters. The van der Waals surface area contributed by atoms with E-state index in [1.54, 1.807) is 7.11 Å². The summed E-state index contributed by atoms with van der Waals surface area (Å²) < 4.78 is 11.0. The van der Waals surface area contributed by atoms with E-state index in [1.807, 2.05) is 18.2 Å². The molecule has 0 aromatic heterocycles. The van der Waals surface area contributed by atoms with Crippen molar-refractivity contribution in [3.8, 4) is 5.75 Å². The Bertz CT molecular complexity index is 341. The fourth-order valence-electron chi connectivity index (χ4n) is 1.67. The highest BCUT2D eigenvalue weighted by Crippen LogP contribution is 2.20. The molecule has 0 amide bonds. The molecule has 0 fully saturated rings. The second-order valence-electron chi connectivity index (χ2n) is 4.57. The van der Waals surface area contributed by atoms with Crippen LogP contribution >= 0.6 is 0 Å². The number of hydrogen-bond acceptors (Lipinski definition) is 3. The summed E-state index contributed by atoms with van der Waals surface area (Å²) in [6.45, 7) is 7.07. The molecule has 1 aromatic carbocycles. The molecule has 0 radical (unpaired) electrons. The van der Waals surface area contributed by atoms with Crippen molar-refractivity contribution in [2.45, 2.75) is 45.8 Å². The van der Waals surface area contributed by atoms with Crippen molar-refractivity contribution in [3.05, 3.63) is 24.3 Å². The molecule has 0 bridgehead atoms. The van der Waals surface area contributed by atoms with Crippen LogP contribution in [0.15, 0.2) is 24.3 Å².